The third-order valence-electron chi connectivity index (χ3n) is 3.99. The van der Waals surface area contributed by atoms with Crippen LogP contribution in [-0.2, 0) is 0 Å². The maximum Gasteiger partial charge on any atom is 0.222 e. The van der Waals surface area contributed by atoms with Crippen molar-refractivity contribution in [1.29, 1.82) is 0 Å². The van der Waals surface area contributed by atoms with Gasteiger partial charge in [-0.2, -0.15) is 0 Å². The summed E-state index contributed by atoms with van der Waals surface area (Å²) in [4.78, 5) is 16.6. The van der Waals surface area contributed by atoms with Crippen LogP contribution < -0.4 is 10.1 Å². The summed E-state index contributed by atoms with van der Waals surface area (Å²) >= 11 is 0. The molecule has 0 aromatic carbocycles. The standard InChI is InChI=1S/C18H16FN7O/c1-11(17-22-8-12(19)9-23-17)24-15-5-6-16-21-10-14(26(16)25-15)13-4-3-7-20-18(13)27-2/h3-11H,1-2H3,(H,24,25)/t11-/m0/s1. The van der Waals surface area contributed by atoms with Crippen LogP contribution in [0.2, 0.25) is 0 Å². The topological polar surface area (TPSA) is 90.1 Å². The molecule has 0 saturated carbocycles. The molecule has 136 valence electrons. The fourth-order valence-corrected chi connectivity index (χ4v) is 2.71. The average molecular weight is 365 g/mol. The van der Waals surface area contributed by atoms with Crippen molar-refractivity contribution in [3.63, 3.8) is 0 Å². The van der Waals surface area contributed by atoms with E-state index in [1.807, 2.05) is 31.2 Å². The van der Waals surface area contributed by atoms with Gasteiger partial charge in [-0.3, -0.25) is 0 Å². The fourth-order valence-electron chi connectivity index (χ4n) is 2.71. The number of hydrogen-bond donors (Lipinski definition) is 1. The third kappa shape index (κ3) is 3.26. The number of halogens is 1. The van der Waals surface area contributed by atoms with Crippen LogP contribution in [0.25, 0.3) is 16.9 Å². The molecule has 0 aliphatic heterocycles. The average Bonchev–Trinajstić information content (AvgIpc) is 3.11. The van der Waals surface area contributed by atoms with Crippen LogP contribution in [0.3, 0.4) is 0 Å². The molecule has 9 heteroatoms. The van der Waals surface area contributed by atoms with Crippen LogP contribution >= 0.6 is 0 Å². The molecular formula is C18H16FN7O. The van der Waals surface area contributed by atoms with E-state index in [-0.39, 0.29) is 6.04 Å². The van der Waals surface area contributed by atoms with Gasteiger partial charge in [-0.15, -0.1) is 5.10 Å². The first-order valence-electron chi connectivity index (χ1n) is 8.24. The van der Waals surface area contributed by atoms with Gasteiger partial charge >= 0.3 is 0 Å². The van der Waals surface area contributed by atoms with Crippen molar-refractivity contribution in [3.05, 3.63) is 60.7 Å². The molecule has 8 nitrogen and oxygen atoms in total. The first kappa shape index (κ1) is 16.8. The zero-order chi connectivity index (χ0) is 18.8. The number of methoxy groups -OCH3 is 1. The van der Waals surface area contributed by atoms with Gasteiger partial charge in [-0.05, 0) is 31.2 Å². The predicted octanol–water partition coefficient (Wildman–Crippen LogP) is 2.90. The lowest BCUT2D eigenvalue weighted by molar-refractivity contribution is 0.399. The van der Waals surface area contributed by atoms with E-state index in [9.17, 15) is 4.39 Å². The molecule has 4 heterocycles. The highest BCUT2D eigenvalue weighted by Crippen LogP contribution is 2.28. The molecule has 4 aromatic rings. The number of nitrogens with zero attached hydrogens (tertiary/aromatic N) is 6. The first-order valence-corrected chi connectivity index (χ1v) is 8.24. The highest BCUT2D eigenvalue weighted by molar-refractivity contribution is 5.68. The van der Waals surface area contributed by atoms with Crippen molar-refractivity contribution in [2.75, 3.05) is 12.4 Å². The molecule has 1 N–H and O–H groups in total. The van der Waals surface area contributed by atoms with E-state index in [2.05, 4.69) is 30.4 Å². The summed E-state index contributed by atoms with van der Waals surface area (Å²) in [5.74, 6) is 1.09. The Labute approximate surface area is 154 Å². The van der Waals surface area contributed by atoms with Crippen molar-refractivity contribution in [3.8, 4) is 17.1 Å². The molecule has 4 rings (SSSR count). The van der Waals surface area contributed by atoms with Gasteiger partial charge < -0.3 is 10.1 Å². The molecular weight excluding hydrogens is 349 g/mol. The van der Waals surface area contributed by atoms with Gasteiger partial charge in [0.1, 0.15) is 11.6 Å². The second-order valence-electron chi connectivity index (χ2n) is 5.82. The Hall–Kier alpha value is -3.62. The molecule has 0 bridgehead atoms. The molecule has 0 spiro atoms. The monoisotopic (exact) mass is 365 g/mol. The minimum absolute atomic E-state index is 0.254. The normalized spacial score (nSPS) is 12.1. The van der Waals surface area contributed by atoms with Crippen LogP contribution in [-0.4, -0.2) is 36.7 Å². The van der Waals surface area contributed by atoms with E-state index in [0.717, 1.165) is 23.7 Å². The van der Waals surface area contributed by atoms with Gasteiger partial charge in [0.2, 0.25) is 5.88 Å². The van der Waals surface area contributed by atoms with Crippen LogP contribution in [0.15, 0.2) is 49.1 Å². The van der Waals surface area contributed by atoms with Crippen LogP contribution in [0.5, 0.6) is 5.88 Å². The number of aromatic nitrogens is 6. The number of pyridine rings is 1. The van der Waals surface area contributed by atoms with E-state index in [1.54, 1.807) is 24.0 Å². The van der Waals surface area contributed by atoms with Gasteiger partial charge in [-0.25, -0.2) is 28.8 Å². The maximum atomic E-state index is 13.0. The van der Waals surface area contributed by atoms with E-state index in [4.69, 9.17) is 4.74 Å². The second-order valence-corrected chi connectivity index (χ2v) is 5.82. The molecule has 27 heavy (non-hydrogen) atoms. The van der Waals surface area contributed by atoms with Crippen molar-refractivity contribution in [1.82, 2.24) is 29.5 Å². The maximum absolute atomic E-state index is 13.0. The van der Waals surface area contributed by atoms with Crippen molar-refractivity contribution < 1.29 is 9.13 Å². The lowest BCUT2D eigenvalue weighted by atomic mass is 10.2. The number of ether oxygens (including phenoxy) is 1. The highest BCUT2D eigenvalue weighted by Gasteiger charge is 2.14. The smallest absolute Gasteiger partial charge is 0.222 e. The quantitative estimate of drug-likeness (QED) is 0.581. The summed E-state index contributed by atoms with van der Waals surface area (Å²) in [7, 11) is 1.57. The summed E-state index contributed by atoms with van der Waals surface area (Å²) in [5, 5.41) is 7.81. The number of rotatable bonds is 5. The minimum Gasteiger partial charge on any atom is -0.481 e. The number of anilines is 1. The molecule has 1 atom stereocenters. The molecule has 4 aromatic heterocycles. The lowest BCUT2D eigenvalue weighted by Gasteiger charge is -2.13. The Bertz CT molecular complexity index is 1080. The highest BCUT2D eigenvalue weighted by atomic mass is 19.1. The molecule has 0 aliphatic carbocycles. The molecule has 0 aliphatic rings. The van der Waals surface area contributed by atoms with Crippen molar-refractivity contribution in [2.24, 2.45) is 0 Å². The third-order valence-corrected chi connectivity index (χ3v) is 3.99. The summed E-state index contributed by atoms with van der Waals surface area (Å²) in [6.07, 6.45) is 5.66. The molecule has 0 saturated heterocycles. The molecule has 0 fully saturated rings. The number of fused-ring (bicyclic) bond motifs is 1. The Morgan fingerprint density at radius 2 is 1.89 bits per heavy atom. The zero-order valence-corrected chi connectivity index (χ0v) is 14.7. The number of nitrogens with one attached hydrogen (secondary N) is 1. The van der Waals surface area contributed by atoms with E-state index >= 15 is 0 Å². The predicted molar refractivity (Wildman–Crippen MR) is 96.8 cm³/mol. The van der Waals surface area contributed by atoms with Crippen molar-refractivity contribution in [2.45, 2.75) is 13.0 Å². The number of hydrogen-bond acceptors (Lipinski definition) is 7. The van der Waals surface area contributed by atoms with Crippen LogP contribution in [0.4, 0.5) is 10.2 Å². The largest absolute Gasteiger partial charge is 0.481 e. The van der Waals surface area contributed by atoms with Crippen LogP contribution in [0, 0.1) is 5.82 Å². The number of imidazole rings is 1. The van der Waals surface area contributed by atoms with Gasteiger partial charge in [0.25, 0.3) is 0 Å². The van der Waals surface area contributed by atoms with Gasteiger partial charge in [0, 0.05) is 6.20 Å². The summed E-state index contributed by atoms with van der Waals surface area (Å²) in [6.45, 7) is 1.87. The summed E-state index contributed by atoms with van der Waals surface area (Å²) < 4.78 is 20.0. The van der Waals surface area contributed by atoms with E-state index in [1.165, 1.54) is 0 Å². The van der Waals surface area contributed by atoms with E-state index < -0.39 is 5.82 Å². The SMILES string of the molecule is COc1ncccc1-c1cnc2ccc(N[C@@H](C)c3ncc(F)cn3)nn12. The molecule has 0 unspecified atom stereocenters. The summed E-state index contributed by atoms with van der Waals surface area (Å²) in [5.41, 5.74) is 2.23. The van der Waals surface area contributed by atoms with Gasteiger partial charge in [0.15, 0.2) is 11.5 Å². The molecule has 0 radical (unpaired) electrons. The fraction of sp³-hybridized carbons (Fsp3) is 0.167. The Morgan fingerprint density at radius 3 is 2.67 bits per heavy atom. The minimum atomic E-state index is -0.473. The van der Waals surface area contributed by atoms with Crippen molar-refractivity contribution >= 4 is 11.5 Å². The van der Waals surface area contributed by atoms with Crippen LogP contribution in [0.1, 0.15) is 18.8 Å². The first-order chi connectivity index (χ1) is 13.2. The van der Waals surface area contributed by atoms with E-state index in [0.29, 0.717) is 23.2 Å². The second kappa shape index (κ2) is 6.94. The Morgan fingerprint density at radius 1 is 1.07 bits per heavy atom. The zero-order valence-electron chi connectivity index (χ0n) is 14.7. The molecule has 0 amide bonds. The Kier molecular flexibility index (Phi) is 4.33. The van der Waals surface area contributed by atoms with Gasteiger partial charge in [0.05, 0.1) is 43.0 Å². The summed E-state index contributed by atoms with van der Waals surface area (Å²) in [6, 6.07) is 7.13. The lowest BCUT2D eigenvalue weighted by Crippen LogP contribution is -2.12. The van der Waals surface area contributed by atoms with Gasteiger partial charge in [-0.1, -0.05) is 0 Å². The Balaban J connectivity index is 1.68.